The van der Waals surface area contributed by atoms with Crippen molar-refractivity contribution in [2.75, 3.05) is 18.4 Å². The summed E-state index contributed by atoms with van der Waals surface area (Å²) < 4.78 is 27.0. The van der Waals surface area contributed by atoms with Gasteiger partial charge in [0.15, 0.2) is 5.13 Å². The molecule has 0 spiro atoms. The second kappa shape index (κ2) is 8.90. The molecule has 0 bridgehead atoms. The molecule has 3 aromatic rings. The molecule has 2 heterocycles. The second-order valence-corrected chi connectivity index (χ2v) is 10.6. The highest BCUT2D eigenvalue weighted by atomic mass is 32.2. The summed E-state index contributed by atoms with van der Waals surface area (Å²) in [5, 5.41) is 5.44. The fourth-order valence-corrected chi connectivity index (χ4v) is 5.98. The summed E-state index contributed by atoms with van der Waals surface area (Å²) in [4.78, 5) is 17.6. The number of carbonyl (C=O) groups excluding carboxylic acids is 1. The Bertz CT molecular complexity index is 1180. The number of nitrogens with one attached hydrogen (secondary N) is 1. The summed E-state index contributed by atoms with van der Waals surface area (Å²) in [6.45, 7) is 4.76. The summed E-state index contributed by atoms with van der Waals surface area (Å²) in [7, 11) is -3.51. The van der Waals surface area contributed by atoms with Crippen LogP contribution in [0.15, 0.2) is 58.8 Å². The van der Waals surface area contributed by atoms with E-state index in [0.29, 0.717) is 36.0 Å². The van der Waals surface area contributed by atoms with E-state index in [0.717, 1.165) is 22.4 Å². The quantitative estimate of drug-likeness (QED) is 0.616. The van der Waals surface area contributed by atoms with E-state index in [1.54, 1.807) is 30.3 Å². The van der Waals surface area contributed by atoms with Crippen LogP contribution in [0.3, 0.4) is 0 Å². The van der Waals surface area contributed by atoms with Gasteiger partial charge >= 0.3 is 0 Å². The van der Waals surface area contributed by atoms with Gasteiger partial charge in [-0.25, -0.2) is 13.4 Å². The molecule has 0 aliphatic carbocycles. The van der Waals surface area contributed by atoms with Gasteiger partial charge in [0.25, 0.3) is 0 Å². The lowest BCUT2D eigenvalue weighted by Gasteiger charge is -2.30. The molecule has 31 heavy (non-hydrogen) atoms. The summed E-state index contributed by atoms with van der Waals surface area (Å²) in [5.41, 5.74) is 4.22. The van der Waals surface area contributed by atoms with E-state index < -0.39 is 10.0 Å². The van der Waals surface area contributed by atoms with Crippen molar-refractivity contribution in [1.82, 2.24) is 9.29 Å². The number of aromatic nitrogens is 1. The van der Waals surface area contributed by atoms with Crippen molar-refractivity contribution in [1.29, 1.82) is 0 Å². The second-order valence-electron chi connectivity index (χ2n) is 7.84. The zero-order valence-corrected chi connectivity index (χ0v) is 19.2. The predicted molar refractivity (Wildman–Crippen MR) is 124 cm³/mol. The van der Waals surface area contributed by atoms with Crippen LogP contribution in [0.4, 0.5) is 5.13 Å². The molecule has 6 nitrogen and oxygen atoms in total. The molecule has 1 aliphatic rings. The molecule has 4 rings (SSSR count). The number of amides is 1. The summed E-state index contributed by atoms with van der Waals surface area (Å²) >= 11 is 1.40. The number of rotatable bonds is 5. The van der Waals surface area contributed by atoms with E-state index in [-0.39, 0.29) is 11.8 Å². The van der Waals surface area contributed by atoms with E-state index in [4.69, 9.17) is 0 Å². The van der Waals surface area contributed by atoms with Crippen molar-refractivity contribution < 1.29 is 13.2 Å². The van der Waals surface area contributed by atoms with E-state index in [9.17, 15) is 13.2 Å². The van der Waals surface area contributed by atoms with Crippen LogP contribution in [0, 0.1) is 19.8 Å². The van der Waals surface area contributed by atoms with Crippen LogP contribution in [0.1, 0.15) is 24.0 Å². The largest absolute Gasteiger partial charge is 0.302 e. The van der Waals surface area contributed by atoms with Crippen LogP contribution in [0.2, 0.25) is 0 Å². The van der Waals surface area contributed by atoms with Gasteiger partial charge in [-0.1, -0.05) is 35.9 Å². The molecule has 1 aliphatic heterocycles. The normalized spacial score (nSPS) is 15.7. The van der Waals surface area contributed by atoms with Crippen molar-refractivity contribution in [2.45, 2.75) is 31.6 Å². The van der Waals surface area contributed by atoms with Crippen molar-refractivity contribution >= 4 is 32.4 Å². The van der Waals surface area contributed by atoms with Crippen LogP contribution < -0.4 is 5.32 Å². The standard InChI is InChI=1S/C23H25N3O3S2/c1-16-8-9-17(2)20(14-16)21-15-30-23(24-21)25-22(27)18-10-12-26(13-11-18)31(28,29)19-6-4-3-5-7-19/h3-9,14-15,18H,10-13H2,1-2H3,(H,24,25,27). The smallest absolute Gasteiger partial charge is 0.243 e. The molecule has 0 atom stereocenters. The number of hydrogen-bond donors (Lipinski definition) is 1. The molecular formula is C23H25N3O3S2. The predicted octanol–water partition coefficient (Wildman–Crippen LogP) is 4.47. The Morgan fingerprint density at radius 3 is 2.52 bits per heavy atom. The highest BCUT2D eigenvalue weighted by molar-refractivity contribution is 7.89. The maximum atomic E-state index is 12.8. The van der Waals surface area contributed by atoms with Crippen LogP contribution in [0.5, 0.6) is 0 Å². The number of aryl methyl sites for hydroxylation is 2. The maximum Gasteiger partial charge on any atom is 0.243 e. The van der Waals surface area contributed by atoms with Crippen molar-refractivity contribution in [3.63, 3.8) is 0 Å². The summed E-state index contributed by atoms with van der Waals surface area (Å²) in [6, 6.07) is 14.7. The number of nitrogens with zero attached hydrogens (tertiary/aromatic N) is 2. The Hall–Kier alpha value is -2.55. The third-order valence-electron chi connectivity index (χ3n) is 5.61. The summed E-state index contributed by atoms with van der Waals surface area (Å²) in [5.74, 6) is -0.325. The Balaban J connectivity index is 1.38. The molecular weight excluding hydrogens is 430 g/mol. The molecule has 0 saturated carbocycles. The maximum absolute atomic E-state index is 12.8. The molecule has 1 fully saturated rings. The van der Waals surface area contributed by atoms with Gasteiger partial charge in [-0.05, 0) is 50.5 Å². The monoisotopic (exact) mass is 455 g/mol. The minimum Gasteiger partial charge on any atom is -0.302 e. The third-order valence-corrected chi connectivity index (χ3v) is 8.28. The number of piperidine rings is 1. The van der Waals surface area contributed by atoms with E-state index >= 15 is 0 Å². The summed E-state index contributed by atoms with van der Waals surface area (Å²) in [6.07, 6.45) is 0.986. The third kappa shape index (κ3) is 4.71. The first-order valence-corrected chi connectivity index (χ1v) is 12.6. The average molecular weight is 456 g/mol. The van der Waals surface area contributed by atoms with Crippen molar-refractivity contribution in [3.05, 3.63) is 65.0 Å². The van der Waals surface area contributed by atoms with Gasteiger partial charge < -0.3 is 5.32 Å². The molecule has 1 amide bonds. The van der Waals surface area contributed by atoms with Gasteiger partial charge in [0.2, 0.25) is 15.9 Å². The molecule has 8 heteroatoms. The van der Waals surface area contributed by atoms with Crippen LogP contribution in [-0.4, -0.2) is 36.7 Å². The number of carbonyl (C=O) groups is 1. The van der Waals surface area contributed by atoms with Gasteiger partial charge in [0.1, 0.15) is 0 Å². The van der Waals surface area contributed by atoms with Gasteiger partial charge in [0.05, 0.1) is 10.6 Å². The average Bonchev–Trinajstić information content (AvgIpc) is 3.24. The van der Waals surface area contributed by atoms with Crippen LogP contribution in [0.25, 0.3) is 11.3 Å². The molecule has 1 aromatic heterocycles. The first-order valence-electron chi connectivity index (χ1n) is 10.2. The Labute approximate surface area is 187 Å². The zero-order valence-electron chi connectivity index (χ0n) is 17.5. The number of thiazole rings is 1. The highest BCUT2D eigenvalue weighted by Crippen LogP contribution is 2.29. The van der Waals surface area contributed by atoms with E-state index in [1.165, 1.54) is 15.6 Å². The molecule has 2 aromatic carbocycles. The first-order chi connectivity index (χ1) is 14.8. The molecule has 0 radical (unpaired) electrons. The first kappa shape index (κ1) is 21.7. The number of benzene rings is 2. The van der Waals surface area contributed by atoms with Crippen LogP contribution in [-0.2, 0) is 14.8 Å². The fourth-order valence-electron chi connectivity index (χ4n) is 3.77. The van der Waals surface area contributed by atoms with E-state index in [2.05, 4.69) is 28.5 Å². The topological polar surface area (TPSA) is 79.4 Å². The lowest BCUT2D eigenvalue weighted by atomic mass is 9.97. The van der Waals surface area contributed by atoms with Crippen molar-refractivity contribution in [3.8, 4) is 11.3 Å². The number of hydrogen-bond acceptors (Lipinski definition) is 5. The minimum absolute atomic E-state index is 0.0985. The molecule has 162 valence electrons. The lowest BCUT2D eigenvalue weighted by Crippen LogP contribution is -2.41. The minimum atomic E-state index is -3.51. The zero-order chi connectivity index (χ0) is 22.0. The van der Waals surface area contributed by atoms with Gasteiger partial charge in [-0.15, -0.1) is 11.3 Å². The van der Waals surface area contributed by atoms with Gasteiger partial charge in [0, 0.05) is 30.0 Å². The molecule has 1 N–H and O–H groups in total. The molecule has 1 saturated heterocycles. The highest BCUT2D eigenvalue weighted by Gasteiger charge is 2.32. The Kier molecular flexibility index (Phi) is 6.22. The Morgan fingerprint density at radius 2 is 1.81 bits per heavy atom. The molecule has 0 unspecified atom stereocenters. The van der Waals surface area contributed by atoms with E-state index in [1.807, 2.05) is 19.2 Å². The lowest BCUT2D eigenvalue weighted by molar-refractivity contribution is -0.120. The number of anilines is 1. The fraction of sp³-hybridized carbons (Fsp3) is 0.304. The van der Waals surface area contributed by atoms with Crippen LogP contribution >= 0.6 is 11.3 Å². The SMILES string of the molecule is Cc1ccc(C)c(-c2csc(NC(=O)C3CCN(S(=O)(=O)c4ccccc4)CC3)n2)c1. The Morgan fingerprint density at radius 1 is 1.10 bits per heavy atom. The van der Waals surface area contributed by atoms with Crippen molar-refractivity contribution in [2.24, 2.45) is 5.92 Å². The number of sulfonamides is 1. The van der Waals surface area contributed by atoms with Gasteiger partial charge in [-0.3, -0.25) is 4.79 Å². The van der Waals surface area contributed by atoms with Gasteiger partial charge in [-0.2, -0.15) is 4.31 Å².